The van der Waals surface area contributed by atoms with Crippen LogP contribution in [0.5, 0.6) is 0 Å². The molecule has 4 heteroatoms. The number of nitrogens with zero attached hydrogens (tertiary/aromatic N) is 2. The van der Waals surface area contributed by atoms with Gasteiger partial charge in [-0.15, -0.1) is 0 Å². The van der Waals surface area contributed by atoms with Gasteiger partial charge in [0.2, 0.25) is 0 Å². The highest BCUT2D eigenvalue weighted by atomic mass is 16.5. The van der Waals surface area contributed by atoms with Gasteiger partial charge in [0.15, 0.2) is 6.29 Å². The van der Waals surface area contributed by atoms with Crippen LogP contribution in [0.4, 0.5) is 5.82 Å². The van der Waals surface area contributed by atoms with E-state index in [1.54, 1.807) is 6.20 Å². The predicted molar refractivity (Wildman–Crippen MR) is 55.1 cm³/mol. The molecule has 2 bridgehead atoms. The van der Waals surface area contributed by atoms with Gasteiger partial charge in [-0.3, -0.25) is 4.79 Å². The number of carbonyl (C=O) groups is 1. The lowest BCUT2D eigenvalue weighted by atomic mass is 10.2. The number of fused-ring (bicyclic) bond motifs is 2. The average molecular weight is 204 g/mol. The van der Waals surface area contributed by atoms with E-state index >= 15 is 0 Å². The first-order valence-corrected chi connectivity index (χ1v) is 5.16. The molecule has 2 fully saturated rings. The van der Waals surface area contributed by atoms with Crippen LogP contribution in [-0.4, -0.2) is 36.6 Å². The molecule has 2 aliphatic rings. The highest BCUT2D eigenvalue weighted by Gasteiger charge is 2.39. The number of hydrogen-bond acceptors (Lipinski definition) is 4. The lowest BCUT2D eigenvalue weighted by molar-refractivity contribution is 0.0988. The first-order chi connectivity index (χ1) is 7.36. The van der Waals surface area contributed by atoms with Crippen LogP contribution in [-0.2, 0) is 4.74 Å². The normalized spacial score (nSPS) is 28.4. The van der Waals surface area contributed by atoms with E-state index in [0.29, 0.717) is 17.7 Å². The summed E-state index contributed by atoms with van der Waals surface area (Å²) in [6.07, 6.45) is 3.92. The molecule has 2 atom stereocenters. The molecule has 0 aliphatic carbocycles. The molecule has 4 nitrogen and oxygen atoms in total. The fraction of sp³-hybridized carbons (Fsp3) is 0.455. The van der Waals surface area contributed by atoms with Gasteiger partial charge < -0.3 is 9.64 Å². The zero-order valence-corrected chi connectivity index (χ0v) is 8.30. The molecule has 1 aromatic heterocycles. The molecule has 0 amide bonds. The Kier molecular flexibility index (Phi) is 1.95. The van der Waals surface area contributed by atoms with Crippen LogP contribution in [0.25, 0.3) is 0 Å². The monoisotopic (exact) mass is 204 g/mol. The molecule has 15 heavy (non-hydrogen) atoms. The van der Waals surface area contributed by atoms with Gasteiger partial charge in [0.25, 0.3) is 0 Å². The van der Waals surface area contributed by atoms with Gasteiger partial charge in [0.05, 0.1) is 18.8 Å². The van der Waals surface area contributed by atoms with E-state index in [9.17, 15) is 4.79 Å². The summed E-state index contributed by atoms with van der Waals surface area (Å²) < 4.78 is 5.52. The number of carbonyl (C=O) groups excluding carboxylic acids is 1. The third-order valence-electron chi connectivity index (χ3n) is 3.10. The molecule has 0 aromatic carbocycles. The molecule has 0 saturated carbocycles. The average Bonchev–Trinajstić information content (AvgIpc) is 2.91. The Hall–Kier alpha value is -1.42. The van der Waals surface area contributed by atoms with E-state index in [1.807, 2.05) is 12.1 Å². The van der Waals surface area contributed by atoms with Gasteiger partial charge in [0.1, 0.15) is 5.82 Å². The summed E-state index contributed by atoms with van der Waals surface area (Å²) in [7, 11) is 0. The van der Waals surface area contributed by atoms with E-state index < -0.39 is 0 Å². The second kappa shape index (κ2) is 3.31. The van der Waals surface area contributed by atoms with Crippen molar-refractivity contribution < 1.29 is 9.53 Å². The van der Waals surface area contributed by atoms with Crippen molar-refractivity contribution in [1.29, 1.82) is 0 Å². The molecule has 78 valence electrons. The minimum absolute atomic E-state index is 0.377. The first kappa shape index (κ1) is 8.85. The lowest BCUT2D eigenvalue weighted by Gasteiger charge is -2.27. The molecule has 0 unspecified atom stereocenters. The third kappa shape index (κ3) is 1.41. The van der Waals surface area contributed by atoms with Gasteiger partial charge in [-0.25, -0.2) is 4.98 Å². The molecule has 0 radical (unpaired) electrons. The minimum atomic E-state index is 0.377. The first-order valence-electron chi connectivity index (χ1n) is 5.16. The maximum atomic E-state index is 10.5. The maximum Gasteiger partial charge on any atom is 0.151 e. The zero-order chi connectivity index (χ0) is 10.3. The zero-order valence-electron chi connectivity index (χ0n) is 8.30. The Balaban J connectivity index is 1.84. The third-order valence-corrected chi connectivity index (χ3v) is 3.10. The van der Waals surface area contributed by atoms with Crippen molar-refractivity contribution >= 4 is 12.1 Å². The molecule has 0 spiro atoms. The Bertz CT molecular complexity index is 377. The number of aldehydes is 1. The second-order valence-corrected chi connectivity index (χ2v) is 4.06. The Labute approximate surface area is 87.9 Å². The van der Waals surface area contributed by atoms with Crippen LogP contribution >= 0.6 is 0 Å². The quantitative estimate of drug-likeness (QED) is 0.670. The second-order valence-electron chi connectivity index (χ2n) is 4.06. The van der Waals surface area contributed by atoms with Crippen molar-refractivity contribution in [2.45, 2.75) is 18.6 Å². The van der Waals surface area contributed by atoms with Crippen molar-refractivity contribution in [2.75, 3.05) is 18.1 Å². The minimum Gasteiger partial charge on any atom is -0.374 e. The van der Waals surface area contributed by atoms with Gasteiger partial charge in [-0.1, -0.05) is 0 Å². The summed E-state index contributed by atoms with van der Waals surface area (Å²) in [5, 5.41) is 0. The largest absolute Gasteiger partial charge is 0.374 e. The van der Waals surface area contributed by atoms with Crippen LogP contribution in [0.1, 0.15) is 16.8 Å². The van der Waals surface area contributed by atoms with Crippen LogP contribution in [0, 0.1) is 0 Å². The van der Waals surface area contributed by atoms with E-state index in [4.69, 9.17) is 4.74 Å². The van der Waals surface area contributed by atoms with Crippen molar-refractivity contribution in [3.63, 3.8) is 0 Å². The molecule has 0 N–H and O–H groups in total. The van der Waals surface area contributed by atoms with Crippen LogP contribution in [0.2, 0.25) is 0 Å². The summed E-state index contributed by atoms with van der Waals surface area (Å²) in [4.78, 5) is 17.0. The van der Waals surface area contributed by atoms with Gasteiger partial charge in [-0.05, 0) is 18.6 Å². The van der Waals surface area contributed by atoms with Crippen molar-refractivity contribution in [3.8, 4) is 0 Å². The standard InChI is InChI=1S/C11H12N2O2/c14-6-8-1-2-11(12-4-8)13-5-10-3-9(13)7-15-10/h1-2,4,6,9-10H,3,5,7H2/t9-,10-/m0/s1. The van der Waals surface area contributed by atoms with Crippen molar-refractivity contribution in [3.05, 3.63) is 23.9 Å². The molecule has 3 heterocycles. The molecule has 2 saturated heterocycles. The molecule has 2 aliphatic heterocycles. The highest BCUT2D eigenvalue weighted by molar-refractivity contribution is 5.74. The Morgan fingerprint density at radius 3 is 3.00 bits per heavy atom. The predicted octanol–water partition coefficient (Wildman–Crippen LogP) is 0.872. The van der Waals surface area contributed by atoms with E-state index in [0.717, 1.165) is 31.7 Å². The Morgan fingerprint density at radius 2 is 2.47 bits per heavy atom. The van der Waals surface area contributed by atoms with E-state index in [2.05, 4.69) is 9.88 Å². The fourth-order valence-corrected chi connectivity index (χ4v) is 2.32. The smallest absolute Gasteiger partial charge is 0.151 e. The summed E-state index contributed by atoms with van der Waals surface area (Å²) in [5.41, 5.74) is 0.624. The lowest BCUT2D eigenvalue weighted by Crippen LogP contribution is -2.37. The van der Waals surface area contributed by atoms with Gasteiger partial charge in [0, 0.05) is 18.3 Å². The topological polar surface area (TPSA) is 42.4 Å². The molecular formula is C11H12N2O2. The number of pyridine rings is 1. The summed E-state index contributed by atoms with van der Waals surface area (Å²) in [6.45, 7) is 1.74. The van der Waals surface area contributed by atoms with Gasteiger partial charge >= 0.3 is 0 Å². The van der Waals surface area contributed by atoms with Crippen LogP contribution < -0.4 is 4.90 Å². The summed E-state index contributed by atoms with van der Waals surface area (Å²) >= 11 is 0. The SMILES string of the molecule is O=Cc1ccc(N2C[C@@H]3C[C@H]2CO3)nc1. The number of hydrogen-bond donors (Lipinski definition) is 0. The van der Waals surface area contributed by atoms with Crippen molar-refractivity contribution in [2.24, 2.45) is 0 Å². The fourth-order valence-electron chi connectivity index (χ4n) is 2.32. The van der Waals surface area contributed by atoms with Crippen LogP contribution in [0.3, 0.4) is 0 Å². The van der Waals surface area contributed by atoms with E-state index in [1.165, 1.54) is 0 Å². The Morgan fingerprint density at radius 1 is 1.53 bits per heavy atom. The van der Waals surface area contributed by atoms with Crippen molar-refractivity contribution in [1.82, 2.24) is 4.98 Å². The molecule has 3 rings (SSSR count). The number of ether oxygens (including phenoxy) is 1. The molecular weight excluding hydrogens is 192 g/mol. The number of morpholine rings is 1. The summed E-state index contributed by atoms with van der Waals surface area (Å²) in [5.74, 6) is 0.955. The van der Waals surface area contributed by atoms with Crippen LogP contribution in [0.15, 0.2) is 18.3 Å². The number of aromatic nitrogens is 1. The number of rotatable bonds is 2. The summed E-state index contributed by atoms with van der Waals surface area (Å²) in [6, 6.07) is 4.19. The van der Waals surface area contributed by atoms with Gasteiger partial charge in [-0.2, -0.15) is 0 Å². The molecule has 1 aromatic rings. The highest BCUT2D eigenvalue weighted by Crippen LogP contribution is 2.31. The maximum absolute atomic E-state index is 10.5. The number of anilines is 1. The van der Waals surface area contributed by atoms with E-state index in [-0.39, 0.29) is 0 Å².